The highest BCUT2D eigenvalue weighted by atomic mass is 19.2. The third-order valence-corrected chi connectivity index (χ3v) is 2.19. The second-order valence-electron chi connectivity index (χ2n) is 3.68. The Morgan fingerprint density at radius 1 is 1.32 bits per heavy atom. The molecule has 0 aliphatic carbocycles. The maximum absolute atomic E-state index is 13.3. The molecule has 1 aromatic heterocycles. The molecule has 8 heteroatoms. The van der Waals surface area contributed by atoms with E-state index in [9.17, 15) is 18.0 Å². The number of halogens is 3. The topological polar surface area (TPSA) is 68.0 Å². The van der Waals surface area contributed by atoms with Crippen molar-refractivity contribution in [3.63, 3.8) is 0 Å². The summed E-state index contributed by atoms with van der Waals surface area (Å²) in [5, 5.41) is 5.56. The maximum atomic E-state index is 13.3. The van der Waals surface area contributed by atoms with Gasteiger partial charge >= 0.3 is 0 Å². The largest absolute Gasteiger partial charge is 0.339 e. The monoisotopic (exact) mass is 271 g/mol. The van der Waals surface area contributed by atoms with Gasteiger partial charge in [0, 0.05) is 0 Å². The molecular weight excluding hydrogens is 263 g/mol. The first kappa shape index (κ1) is 13.1. The van der Waals surface area contributed by atoms with Crippen molar-refractivity contribution < 1.29 is 22.5 Å². The standard InChI is InChI=1S/C11H8F3N3O2/c1-5-15-9(19-17-5)4-8(18)16-7-3-2-6(12)10(13)11(7)14/h2-3H,4H2,1H3,(H,16,18). The molecule has 1 heterocycles. The predicted molar refractivity (Wildman–Crippen MR) is 57.7 cm³/mol. The number of benzene rings is 1. The lowest BCUT2D eigenvalue weighted by Gasteiger charge is -2.05. The molecule has 1 aromatic carbocycles. The molecule has 0 saturated heterocycles. The molecule has 0 aliphatic heterocycles. The number of hydrogen-bond acceptors (Lipinski definition) is 4. The van der Waals surface area contributed by atoms with Gasteiger partial charge in [0.15, 0.2) is 23.3 Å². The minimum absolute atomic E-state index is 0.0398. The third kappa shape index (κ3) is 2.90. The van der Waals surface area contributed by atoms with E-state index in [0.29, 0.717) is 11.9 Å². The number of rotatable bonds is 3. The van der Waals surface area contributed by atoms with Crippen LogP contribution in [0.4, 0.5) is 18.9 Å². The summed E-state index contributed by atoms with van der Waals surface area (Å²) in [7, 11) is 0. The number of aromatic nitrogens is 2. The van der Waals surface area contributed by atoms with Gasteiger partial charge in [-0.2, -0.15) is 4.98 Å². The van der Waals surface area contributed by atoms with E-state index in [0.717, 1.165) is 6.07 Å². The number of hydrogen-bond donors (Lipinski definition) is 1. The van der Waals surface area contributed by atoms with Crippen LogP contribution in [0.3, 0.4) is 0 Å². The van der Waals surface area contributed by atoms with E-state index in [1.165, 1.54) is 0 Å². The van der Waals surface area contributed by atoms with Crippen molar-refractivity contribution in [1.82, 2.24) is 10.1 Å². The summed E-state index contributed by atoms with van der Waals surface area (Å²) in [6.45, 7) is 1.57. The van der Waals surface area contributed by atoms with Crippen molar-refractivity contribution in [3.05, 3.63) is 41.3 Å². The number of aryl methyl sites for hydroxylation is 1. The van der Waals surface area contributed by atoms with E-state index in [4.69, 9.17) is 4.52 Å². The lowest BCUT2D eigenvalue weighted by atomic mass is 10.2. The van der Waals surface area contributed by atoms with Gasteiger partial charge in [0.1, 0.15) is 6.42 Å². The molecular formula is C11H8F3N3O2. The van der Waals surface area contributed by atoms with E-state index >= 15 is 0 Å². The number of carbonyl (C=O) groups is 1. The van der Waals surface area contributed by atoms with Gasteiger partial charge in [0.05, 0.1) is 5.69 Å². The molecule has 5 nitrogen and oxygen atoms in total. The number of nitrogens with one attached hydrogen (secondary N) is 1. The van der Waals surface area contributed by atoms with Crippen molar-refractivity contribution in [2.24, 2.45) is 0 Å². The summed E-state index contributed by atoms with van der Waals surface area (Å²) in [4.78, 5) is 15.3. The van der Waals surface area contributed by atoms with Gasteiger partial charge in [-0.05, 0) is 19.1 Å². The summed E-state index contributed by atoms with van der Waals surface area (Å²) >= 11 is 0. The van der Waals surface area contributed by atoms with Crippen molar-refractivity contribution in [2.45, 2.75) is 13.3 Å². The normalized spacial score (nSPS) is 10.5. The Balaban J connectivity index is 2.09. The summed E-state index contributed by atoms with van der Waals surface area (Å²) < 4.78 is 43.6. The van der Waals surface area contributed by atoms with E-state index in [-0.39, 0.29) is 12.3 Å². The molecule has 1 N–H and O–H groups in total. The number of nitrogens with zero attached hydrogens (tertiary/aromatic N) is 2. The molecule has 0 bridgehead atoms. The highest BCUT2D eigenvalue weighted by molar-refractivity contribution is 5.91. The van der Waals surface area contributed by atoms with Gasteiger partial charge in [0.2, 0.25) is 11.8 Å². The van der Waals surface area contributed by atoms with Crippen molar-refractivity contribution in [2.75, 3.05) is 5.32 Å². The highest BCUT2D eigenvalue weighted by Gasteiger charge is 2.16. The van der Waals surface area contributed by atoms with Crippen molar-refractivity contribution in [3.8, 4) is 0 Å². The zero-order chi connectivity index (χ0) is 14.0. The van der Waals surface area contributed by atoms with Crippen LogP contribution in [0.25, 0.3) is 0 Å². The smallest absolute Gasteiger partial charge is 0.236 e. The SMILES string of the molecule is Cc1noc(CC(=O)Nc2ccc(F)c(F)c2F)n1. The molecule has 100 valence electrons. The average molecular weight is 271 g/mol. The van der Waals surface area contributed by atoms with E-state index in [1.807, 2.05) is 0 Å². The molecule has 0 aliphatic rings. The predicted octanol–water partition coefficient (Wildman–Crippen LogP) is 1.98. The van der Waals surface area contributed by atoms with Crippen LogP contribution in [-0.4, -0.2) is 16.0 Å². The van der Waals surface area contributed by atoms with Crippen LogP contribution in [0.2, 0.25) is 0 Å². The molecule has 0 fully saturated rings. The Bertz CT molecular complexity index is 628. The van der Waals surface area contributed by atoms with E-state index in [2.05, 4.69) is 15.5 Å². The minimum Gasteiger partial charge on any atom is -0.339 e. The van der Waals surface area contributed by atoms with Gasteiger partial charge in [0.25, 0.3) is 0 Å². The number of amides is 1. The fourth-order valence-corrected chi connectivity index (χ4v) is 1.37. The summed E-state index contributed by atoms with van der Waals surface area (Å²) in [6.07, 6.45) is -0.292. The quantitative estimate of drug-likeness (QED) is 0.867. The Hall–Kier alpha value is -2.38. The van der Waals surface area contributed by atoms with Crippen molar-refractivity contribution in [1.29, 1.82) is 0 Å². The van der Waals surface area contributed by atoms with Crippen LogP contribution in [0, 0.1) is 24.4 Å². The van der Waals surface area contributed by atoms with Gasteiger partial charge in [-0.15, -0.1) is 0 Å². The number of carbonyl (C=O) groups excluding carboxylic acids is 1. The van der Waals surface area contributed by atoms with Crippen LogP contribution < -0.4 is 5.32 Å². The average Bonchev–Trinajstić information content (AvgIpc) is 2.75. The van der Waals surface area contributed by atoms with Gasteiger partial charge in [-0.25, -0.2) is 13.2 Å². The molecule has 0 saturated carbocycles. The van der Waals surface area contributed by atoms with E-state index in [1.54, 1.807) is 6.92 Å². The molecule has 0 unspecified atom stereocenters. The van der Waals surface area contributed by atoms with Crippen LogP contribution in [0.1, 0.15) is 11.7 Å². The fourth-order valence-electron chi connectivity index (χ4n) is 1.37. The van der Waals surface area contributed by atoms with Gasteiger partial charge in [-0.1, -0.05) is 5.16 Å². The molecule has 2 aromatic rings. The second kappa shape index (κ2) is 5.09. The second-order valence-corrected chi connectivity index (χ2v) is 3.68. The Kier molecular flexibility index (Phi) is 3.50. The fraction of sp³-hybridized carbons (Fsp3) is 0.182. The zero-order valence-corrected chi connectivity index (χ0v) is 9.71. The first-order valence-corrected chi connectivity index (χ1v) is 5.20. The lowest BCUT2D eigenvalue weighted by molar-refractivity contribution is -0.115. The molecule has 0 spiro atoms. The molecule has 2 rings (SSSR count). The van der Waals surface area contributed by atoms with Crippen LogP contribution in [-0.2, 0) is 11.2 Å². The molecule has 0 radical (unpaired) electrons. The Morgan fingerprint density at radius 2 is 2.05 bits per heavy atom. The summed E-state index contributed by atoms with van der Waals surface area (Å²) in [5.74, 6) is -4.74. The Labute approximate surface area is 105 Å². The first-order valence-electron chi connectivity index (χ1n) is 5.20. The van der Waals surface area contributed by atoms with Crippen LogP contribution in [0.5, 0.6) is 0 Å². The van der Waals surface area contributed by atoms with Crippen LogP contribution in [0.15, 0.2) is 16.7 Å². The van der Waals surface area contributed by atoms with Crippen molar-refractivity contribution >= 4 is 11.6 Å². The molecule has 0 atom stereocenters. The molecule has 19 heavy (non-hydrogen) atoms. The third-order valence-electron chi connectivity index (χ3n) is 2.19. The van der Waals surface area contributed by atoms with Gasteiger partial charge < -0.3 is 9.84 Å². The maximum Gasteiger partial charge on any atom is 0.236 e. The lowest BCUT2D eigenvalue weighted by Crippen LogP contribution is -2.16. The number of anilines is 1. The Morgan fingerprint density at radius 3 is 2.68 bits per heavy atom. The summed E-state index contributed by atoms with van der Waals surface area (Å²) in [5.41, 5.74) is -0.458. The zero-order valence-electron chi connectivity index (χ0n) is 9.71. The molecule has 1 amide bonds. The van der Waals surface area contributed by atoms with Crippen LogP contribution >= 0.6 is 0 Å². The minimum atomic E-state index is -1.65. The highest BCUT2D eigenvalue weighted by Crippen LogP contribution is 2.19. The van der Waals surface area contributed by atoms with Gasteiger partial charge in [-0.3, -0.25) is 4.79 Å². The first-order chi connectivity index (χ1) is 8.97. The summed E-state index contributed by atoms with van der Waals surface area (Å²) in [6, 6.07) is 1.63. The van der Waals surface area contributed by atoms with E-state index < -0.39 is 29.0 Å².